The summed E-state index contributed by atoms with van der Waals surface area (Å²) in [4.78, 5) is 27.3. The highest BCUT2D eigenvalue weighted by molar-refractivity contribution is 6.02. The lowest BCUT2D eigenvalue weighted by atomic mass is 10.0. The average molecular weight is 277 g/mol. The Hall–Kier alpha value is -2.17. The Morgan fingerprint density at radius 3 is 2.60 bits per heavy atom. The monoisotopic (exact) mass is 277 g/mol. The van der Waals surface area contributed by atoms with Crippen LogP contribution in [0, 0.1) is 5.82 Å². The molecule has 5 heteroatoms. The van der Waals surface area contributed by atoms with Crippen molar-refractivity contribution in [3.05, 3.63) is 47.2 Å². The van der Waals surface area contributed by atoms with E-state index in [1.54, 1.807) is 0 Å². The normalized spacial score (nSPS) is 14.5. The molecule has 0 atom stereocenters. The van der Waals surface area contributed by atoms with Crippen molar-refractivity contribution in [2.75, 3.05) is 0 Å². The molecule has 0 saturated carbocycles. The molecule has 104 valence electrons. The molecule has 1 heterocycles. The van der Waals surface area contributed by atoms with E-state index >= 15 is 0 Å². The molecule has 3 nitrogen and oxygen atoms in total. The largest absolute Gasteiger partial charge is 0.294 e. The second-order valence-electron chi connectivity index (χ2n) is 4.46. The van der Waals surface area contributed by atoms with E-state index in [0.717, 1.165) is 6.07 Å². The van der Waals surface area contributed by atoms with E-state index < -0.39 is 17.4 Å². The van der Waals surface area contributed by atoms with Crippen LogP contribution in [-0.4, -0.2) is 17.8 Å². The SMILES string of the molecule is O=C(CCC(=O)c1cccc(F)c1)C1=C(F)CCC=N1. The summed E-state index contributed by atoms with van der Waals surface area (Å²) in [5.74, 6) is -1.88. The van der Waals surface area contributed by atoms with Gasteiger partial charge in [0.25, 0.3) is 0 Å². The van der Waals surface area contributed by atoms with Crippen LogP contribution < -0.4 is 0 Å². The van der Waals surface area contributed by atoms with Crippen LogP contribution in [0.25, 0.3) is 0 Å². The van der Waals surface area contributed by atoms with Gasteiger partial charge in [-0.1, -0.05) is 12.1 Å². The first-order valence-corrected chi connectivity index (χ1v) is 6.31. The van der Waals surface area contributed by atoms with Gasteiger partial charge in [-0.2, -0.15) is 0 Å². The molecule has 1 aromatic carbocycles. The maximum Gasteiger partial charge on any atom is 0.184 e. The van der Waals surface area contributed by atoms with Crippen LogP contribution in [0.1, 0.15) is 36.0 Å². The van der Waals surface area contributed by atoms with Gasteiger partial charge in [0.2, 0.25) is 0 Å². The summed E-state index contributed by atoms with van der Waals surface area (Å²) in [7, 11) is 0. The van der Waals surface area contributed by atoms with E-state index in [9.17, 15) is 18.4 Å². The van der Waals surface area contributed by atoms with E-state index in [-0.39, 0.29) is 36.3 Å². The Kier molecular flexibility index (Phi) is 4.50. The molecule has 0 fully saturated rings. The average Bonchev–Trinajstić information content (AvgIpc) is 2.45. The van der Waals surface area contributed by atoms with Gasteiger partial charge in [0.15, 0.2) is 11.6 Å². The van der Waals surface area contributed by atoms with E-state index in [4.69, 9.17) is 0 Å². The molecular formula is C15H13F2NO2. The fourth-order valence-electron chi connectivity index (χ4n) is 1.91. The lowest BCUT2D eigenvalue weighted by molar-refractivity contribution is -0.115. The molecule has 0 amide bonds. The Morgan fingerprint density at radius 1 is 1.15 bits per heavy atom. The van der Waals surface area contributed by atoms with E-state index in [2.05, 4.69) is 4.99 Å². The molecule has 0 bridgehead atoms. The molecule has 0 radical (unpaired) electrons. The number of carbonyl (C=O) groups excluding carboxylic acids is 2. The Bertz CT molecular complexity index is 606. The number of hydrogen-bond acceptors (Lipinski definition) is 3. The summed E-state index contributed by atoms with van der Waals surface area (Å²) < 4.78 is 26.4. The van der Waals surface area contributed by atoms with Gasteiger partial charge in [-0.3, -0.25) is 14.6 Å². The summed E-state index contributed by atoms with van der Waals surface area (Å²) >= 11 is 0. The minimum Gasteiger partial charge on any atom is -0.294 e. The van der Waals surface area contributed by atoms with E-state index in [1.807, 2.05) is 0 Å². The van der Waals surface area contributed by atoms with Crippen LogP contribution in [0.15, 0.2) is 40.8 Å². The smallest absolute Gasteiger partial charge is 0.184 e. The van der Waals surface area contributed by atoms with Crippen LogP contribution >= 0.6 is 0 Å². The highest BCUT2D eigenvalue weighted by Gasteiger charge is 2.18. The quantitative estimate of drug-likeness (QED) is 0.774. The molecule has 0 saturated heterocycles. The van der Waals surface area contributed by atoms with Crippen molar-refractivity contribution in [2.45, 2.75) is 25.7 Å². The van der Waals surface area contributed by atoms with Crippen molar-refractivity contribution in [2.24, 2.45) is 4.99 Å². The zero-order valence-electron chi connectivity index (χ0n) is 10.7. The number of halogens is 2. The third-order valence-corrected chi connectivity index (χ3v) is 2.96. The number of Topliss-reactive ketones (excluding diaryl/α,β-unsaturated/α-hetero) is 2. The Morgan fingerprint density at radius 2 is 1.90 bits per heavy atom. The predicted molar refractivity (Wildman–Crippen MR) is 70.8 cm³/mol. The number of carbonyl (C=O) groups is 2. The topological polar surface area (TPSA) is 46.5 Å². The zero-order chi connectivity index (χ0) is 14.5. The third-order valence-electron chi connectivity index (χ3n) is 2.96. The second kappa shape index (κ2) is 6.32. The number of rotatable bonds is 5. The molecule has 20 heavy (non-hydrogen) atoms. The molecule has 1 aliphatic rings. The summed E-state index contributed by atoms with van der Waals surface area (Å²) in [6.07, 6.45) is 1.92. The maximum atomic E-state index is 13.4. The number of hydrogen-bond donors (Lipinski definition) is 0. The lowest BCUT2D eigenvalue weighted by Gasteiger charge is -2.07. The number of allylic oxidation sites excluding steroid dienone is 2. The molecule has 2 rings (SSSR count). The van der Waals surface area contributed by atoms with Gasteiger partial charge in [0.05, 0.1) is 0 Å². The van der Waals surface area contributed by atoms with Gasteiger partial charge < -0.3 is 0 Å². The van der Waals surface area contributed by atoms with Crippen molar-refractivity contribution in [1.82, 2.24) is 0 Å². The van der Waals surface area contributed by atoms with Crippen molar-refractivity contribution in [3.8, 4) is 0 Å². The van der Waals surface area contributed by atoms with Crippen molar-refractivity contribution in [1.29, 1.82) is 0 Å². The fraction of sp³-hybridized carbons (Fsp3) is 0.267. The lowest BCUT2D eigenvalue weighted by Crippen LogP contribution is -2.09. The molecule has 1 aliphatic heterocycles. The predicted octanol–water partition coefficient (Wildman–Crippen LogP) is 3.40. The van der Waals surface area contributed by atoms with Crippen LogP contribution in [0.3, 0.4) is 0 Å². The number of aliphatic imine (C=N–C) groups is 1. The fourth-order valence-corrected chi connectivity index (χ4v) is 1.91. The highest BCUT2D eigenvalue weighted by atomic mass is 19.1. The molecule has 0 aliphatic carbocycles. The van der Waals surface area contributed by atoms with Crippen LogP contribution in [0.5, 0.6) is 0 Å². The van der Waals surface area contributed by atoms with Gasteiger partial charge in [-0.25, -0.2) is 8.78 Å². The Balaban J connectivity index is 1.97. The molecule has 0 N–H and O–H groups in total. The number of benzene rings is 1. The molecule has 0 spiro atoms. The van der Waals surface area contributed by atoms with Gasteiger partial charge in [-0.15, -0.1) is 0 Å². The summed E-state index contributed by atoms with van der Waals surface area (Å²) in [5.41, 5.74) is 0.0164. The van der Waals surface area contributed by atoms with Crippen molar-refractivity contribution < 1.29 is 18.4 Å². The minimum atomic E-state index is -0.532. The summed E-state index contributed by atoms with van der Waals surface area (Å²) in [5, 5.41) is 0. The summed E-state index contributed by atoms with van der Waals surface area (Å²) in [6.45, 7) is 0. The van der Waals surface area contributed by atoms with Gasteiger partial charge >= 0.3 is 0 Å². The maximum absolute atomic E-state index is 13.4. The first kappa shape index (κ1) is 14.2. The standard InChI is InChI=1S/C15H13F2NO2/c16-11-4-1-3-10(9-11)13(19)6-7-14(20)15-12(17)5-2-8-18-15/h1,3-4,8-9H,2,5-7H2. The van der Waals surface area contributed by atoms with Crippen molar-refractivity contribution in [3.63, 3.8) is 0 Å². The number of nitrogens with zero attached hydrogens (tertiary/aromatic N) is 1. The Labute approximate surface area is 115 Å². The minimum absolute atomic E-state index is 0.0887. The first-order chi connectivity index (χ1) is 9.58. The summed E-state index contributed by atoms with van der Waals surface area (Å²) in [6, 6.07) is 5.26. The third kappa shape index (κ3) is 3.44. The van der Waals surface area contributed by atoms with E-state index in [1.165, 1.54) is 24.4 Å². The number of ketones is 2. The van der Waals surface area contributed by atoms with Gasteiger partial charge in [0, 0.05) is 31.0 Å². The molecule has 1 aromatic rings. The molecular weight excluding hydrogens is 264 g/mol. The zero-order valence-corrected chi connectivity index (χ0v) is 10.7. The van der Waals surface area contributed by atoms with Crippen LogP contribution in [0.4, 0.5) is 8.78 Å². The highest BCUT2D eigenvalue weighted by Crippen LogP contribution is 2.20. The first-order valence-electron chi connectivity index (χ1n) is 6.31. The molecule has 0 unspecified atom stereocenters. The van der Waals surface area contributed by atoms with Gasteiger partial charge in [-0.05, 0) is 18.6 Å². The van der Waals surface area contributed by atoms with E-state index in [0.29, 0.717) is 6.42 Å². The van der Waals surface area contributed by atoms with Crippen LogP contribution in [0.2, 0.25) is 0 Å². The second-order valence-corrected chi connectivity index (χ2v) is 4.46. The van der Waals surface area contributed by atoms with Gasteiger partial charge in [0.1, 0.15) is 17.3 Å². The van der Waals surface area contributed by atoms with Crippen LogP contribution in [-0.2, 0) is 4.79 Å². The molecule has 0 aromatic heterocycles. The van der Waals surface area contributed by atoms with Crippen molar-refractivity contribution >= 4 is 17.8 Å².